The summed E-state index contributed by atoms with van der Waals surface area (Å²) in [4.78, 5) is 21.6. The number of fused-ring (bicyclic) bond motifs is 1. The predicted molar refractivity (Wildman–Crippen MR) is 125 cm³/mol. The molecule has 0 radical (unpaired) electrons. The number of carbonyl (C=O) groups excluding carboxylic acids is 1. The van der Waals surface area contributed by atoms with Crippen LogP contribution >= 0.6 is 0 Å². The standard InChI is InChI=1S/C23H28FN5O3S/c1-23(2)22-27-20(15-4-6-16(24)7-5-15)21(28(22)12-13-29(23)19(30)14-25)26-17-8-10-18(11-9-17)33(3,31)32/h4-11,20-21,26H,12-14,25H2,1-3H3. The maximum atomic E-state index is 13.6. The number of nitrogens with one attached hydrogen (secondary N) is 1. The highest BCUT2D eigenvalue weighted by molar-refractivity contribution is 7.90. The molecule has 33 heavy (non-hydrogen) atoms. The lowest BCUT2D eigenvalue weighted by Gasteiger charge is -2.48. The first-order valence-corrected chi connectivity index (χ1v) is 12.6. The molecule has 0 saturated carbocycles. The first-order chi connectivity index (χ1) is 15.5. The van der Waals surface area contributed by atoms with E-state index < -0.39 is 15.4 Å². The van der Waals surface area contributed by atoms with E-state index in [2.05, 4.69) is 10.2 Å². The number of hydrogen-bond donors (Lipinski definition) is 2. The number of hydrogen-bond acceptors (Lipinski definition) is 7. The van der Waals surface area contributed by atoms with Gasteiger partial charge in [-0.2, -0.15) is 0 Å². The van der Waals surface area contributed by atoms with Crippen molar-refractivity contribution in [3.63, 3.8) is 0 Å². The first-order valence-electron chi connectivity index (χ1n) is 10.7. The molecule has 1 saturated heterocycles. The highest BCUT2D eigenvalue weighted by Gasteiger charge is 2.49. The second kappa shape index (κ2) is 8.42. The smallest absolute Gasteiger partial charge is 0.237 e. The van der Waals surface area contributed by atoms with Gasteiger partial charge in [-0.1, -0.05) is 12.1 Å². The van der Waals surface area contributed by atoms with Gasteiger partial charge >= 0.3 is 0 Å². The van der Waals surface area contributed by atoms with Crippen molar-refractivity contribution in [3.05, 3.63) is 59.9 Å². The molecular weight excluding hydrogens is 445 g/mol. The van der Waals surface area contributed by atoms with Crippen LogP contribution in [0.5, 0.6) is 0 Å². The first kappa shape index (κ1) is 23.2. The lowest BCUT2D eigenvalue weighted by atomic mass is 9.96. The van der Waals surface area contributed by atoms with E-state index in [0.29, 0.717) is 13.1 Å². The average molecular weight is 474 g/mol. The summed E-state index contributed by atoms with van der Waals surface area (Å²) in [5.74, 6) is 0.270. The number of rotatable bonds is 5. The van der Waals surface area contributed by atoms with Gasteiger partial charge in [-0.05, 0) is 55.8 Å². The maximum absolute atomic E-state index is 13.6. The van der Waals surface area contributed by atoms with Crippen LogP contribution in [-0.4, -0.2) is 67.6 Å². The zero-order valence-corrected chi connectivity index (χ0v) is 19.6. The van der Waals surface area contributed by atoms with E-state index >= 15 is 0 Å². The Kier molecular flexibility index (Phi) is 5.92. The molecule has 4 rings (SSSR count). The summed E-state index contributed by atoms with van der Waals surface area (Å²) in [6.45, 7) is 4.84. The Hall–Kier alpha value is -2.98. The summed E-state index contributed by atoms with van der Waals surface area (Å²) in [6, 6.07) is 12.4. The number of nitrogens with two attached hydrogens (primary N) is 1. The van der Waals surface area contributed by atoms with Crippen molar-refractivity contribution in [3.8, 4) is 0 Å². The lowest BCUT2D eigenvalue weighted by molar-refractivity contribution is -0.134. The molecule has 0 bridgehead atoms. The zero-order valence-electron chi connectivity index (χ0n) is 18.8. The van der Waals surface area contributed by atoms with Gasteiger partial charge in [-0.15, -0.1) is 0 Å². The third kappa shape index (κ3) is 4.32. The van der Waals surface area contributed by atoms with Gasteiger partial charge in [0.2, 0.25) is 5.91 Å². The minimum atomic E-state index is -3.30. The molecule has 2 aliphatic rings. The Bertz CT molecular complexity index is 1180. The average Bonchev–Trinajstić information content (AvgIpc) is 3.13. The Labute approximate surface area is 193 Å². The summed E-state index contributed by atoms with van der Waals surface area (Å²) in [7, 11) is -3.30. The number of anilines is 1. The van der Waals surface area contributed by atoms with E-state index in [1.54, 1.807) is 41.3 Å². The molecule has 2 unspecified atom stereocenters. The second-order valence-electron chi connectivity index (χ2n) is 8.84. The predicted octanol–water partition coefficient (Wildman–Crippen LogP) is 2.00. The van der Waals surface area contributed by atoms with Crippen LogP contribution in [-0.2, 0) is 14.6 Å². The van der Waals surface area contributed by atoms with Gasteiger partial charge in [0.05, 0.1) is 17.0 Å². The Balaban J connectivity index is 1.71. The van der Waals surface area contributed by atoms with Crippen molar-refractivity contribution in [1.29, 1.82) is 0 Å². The van der Waals surface area contributed by atoms with E-state index in [4.69, 9.17) is 10.7 Å². The van der Waals surface area contributed by atoms with Gasteiger partial charge in [-0.25, -0.2) is 12.8 Å². The van der Waals surface area contributed by atoms with E-state index in [1.165, 1.54) is 18.4 Å². The number of amides is 1. The van der Waals surface area contributed by atoms with Crippen LogP contribution in [0.25, 0.3) is 0 Å². The normalized spacial score (nSPS) is 22.0. The maximum Gasteiger partial charge on any atom is 0.237 e. The second-order valence-corrected chi connectivity index (χ2v) is 10.9. The third-order valence-corrected chi connectivity index (χ3v) is 7.37. The number of carbonyl (C=O) groups is 1. The van der Waals surface area contributed by atoms with Crippen LogP contribution in [0.4, 0.5) is 10.1 Å². The molecule has 176 valence electrons. The highest BCUT2D eigenvalue weighted by atomic mass is 32.2. The molecule has 1 amide bonds. The van der Waals surface area contributed by atoms with Crippen LogP contribution in [0.15, 0.2) is 58.4 Å². The molecule has 1 fully saturated rings. The number of sulfone groups is 1. The van der Waals surface area contributed by atoms with Crippen LogP contribution in [0.2, 0.25) is 0 Å². The van der Waals surface area contributed by atoms with E-state index in [0.717, 1.165) is 17.1 Å². The molecule has 3 N–H and O–H groups in total. The Morgan fingerprint density at radius 1 is 1.15 bits per heavy atom. The minimum absolute atomic E-state index is 0.0769. The fourth-order valence-electron chi connectivity index (χ4n) is 4.53. The van der Waals surface area contributed by atoms with Crippen LogP contribution in [0, 0.1) is 5.82 Å². The molecule has 10 heteroatoms. The molecule has 0 aromatic heterocycles. The van der Waals surface area contributed by atoms with Crippen LogP contribution in [0.3, 0.4) is 0 Å². The highest BCUT2D eigenvalue weighted by Crippen LogP contribution is 2.38. The Morgan fingerprint density at radius 3 is 2.36 bits per heavy atom. The lowest BCUT2D eigenvalue weighted by Crippen LogP contribution is -2.66. The van der Waals surface area contributed by atoms with Crippen molar-refractivity contribution in [2.75, 3.05) is 31.2 Å². The molecule has 2 heterocycles. The quantitative estimate of drug-likeness (QED) is 0.688. The van der Waals surface area contributed by atoms with Gasteiger partial charge in [-0.3, -0.25) is 9.79 Å². The molecule has 2 aromatic rings. The van der Waals surface area contributed by atoms with Crippen molar-refractivity contribution in [1.82, 2.24) is 9.80 Å². The van der Waals surface area contributed by atoms with Crippen molar-refractivity contribution >= 4 is 27.3 Å². The summed E-state index contributed by atoms with van der Waals surface area (Å²) < 4.78 is 37.2. The molecule has 0 aliphatic carbocycles. The number of halogens is 1. The molecule has 2 atom stereocenters. The number of piperazine rings is 1. The summed E-state index contributed by atoms with van der Waals surface area (Å²) in [5, 5.41) is 3.47. The third-order valence-electron chi connectivity index (χ3n) is 6.24. The van der Waals surface area contributed by atoms with Gasteiger partial charge in [0.25, 0.3) is 0 Å². The number of benzene rings is 2. The van der Waals surface area contributed by atoms with Crippen molar-refractivity contribution in [2.24, 2.45) is 10.7 Å². The molecule has 2 aromatic carbocycles. The minimum Gasteiger partial charge on any atom is -0.363 e. The SMILES string of the molecule is CC1(C)C2=NC(c3ccc(F)cc3)C(Nc3ccc(S(C)(=O)=O)cc3)N2CCN1C(=O)CN. The summed E-state index contributed by atoms with van der Waals surface area (Å²) >= 11 is 0. The van der Waals surface area contributed by atoms with Crippen LogP contribution < -0.4 is 11.1 Å². The fourth-order valence-corrected chi connectivity index (χ4v) is 5.16. The topological polar surface area (TPSA) is 108 Å². The molecule has 0 spiro atoms. The van der Waals surface area contributed by atoms with Crippen molar-refractivity contribution in [2.45, 2.75) is 36.5 Å². The van der Waals surface area contributed by atoms with Gasteiger partial charge in [0.15, 0.2) is 9.84 Å². The van der Waals surface area contributed by atoms with Crippen LogP contribution in [0.1, 0.15) is 25.5 Å². The van der Waals surface area contributed by atoms with E-state index in [1.807, 2.05) is 13.8 Å². The number of nitrogens with zero attached hydrogens (tertiary/aromatic N) is 3. The fraction of sp³-hybridized carbons (Fsp3) is 0.391. The molecule has 2 aliphatic heterocycles. The summed E-state index contributed by atoms with van der Waals surface area (Å²) in [6.07, 6.45) is 0.866. The summed E-state index contributed by atoms with van der Waals surface area (Å²) in [5.41, 5.74) is 6.51. The monoisotopic (exact) mass is 473 g/mol. The Morgan fingerprint density at radius 2 is 1.79 bits per heavy atom. The molecular formula is C23H28FN5O3S. The van der Waals surface area contributed by atoms with E-state index in [9.17, 15) is 17.6 Å². The zero-order chi connectivity index (χ0) is 24.0. The van der Waals surface area contributed by atoms with E-state index in [-0.39, 0.29) is 35.4 Å². The number of amidine groups is 1. The number of aliphatic imine (C=N–C) groups is 1. The molecule has 8 nitrogen and oxygen atoms in total. The largest absolute Gasteiger partial charge is 0.363 e. The van der Waals surface area contributed by atoms with Gasteiger partial charge in [0.1, 0.15) is 23.9 Å². The van der Waals surface area contributed by atoms with Gasteiger partial charge < -0.3 is 20.9 Å². The van der Waals surface area contributed by atoms with Gasteiger partial charge in [0, 0.05) is 25.0 Å². The van der Waals surface area contributed by atoms with Crippen molar-refractivity contribution < 1.29 is 17.6 Å².